The summed E-state index contributed by atoms with van der Waals surface area (Å²) in [4.78, 5) is 16.9. The molecular weight excluding hydrogens is 300 g/mol. The van der Waals surface area contributed by atoms with Crippen LogP contribution in [0.2, 0.25) is 0 Å². The number of amides is 1. The predicted octanol–water partition coefficient (Wildman–Crippen LogP) is 3.24. The van der Waals surface area contributed by atoms with Gasteiger partial charge in [-0.1, -0.05) is 25.3 Å². The van der Waals surface area contributed by atoms with Gasteiger partial charge in [0.15, 0.2) is 0 Å². The molecule has 0 saturated carbocycles. The van der Waals surface area contributed by atoms with Crippen LogP contribution in [0.3, 0.4) is 0 Å². The van der Waals surface area contributed by atoms with Gasteiger partial charge in [-0.2, -0.15) is 0 Å². The molecule has 24 heavy (non-hydrogen) atoms. The Morgan fingerprint density at radius 1 is 1.42 bits per heavy atom. The van der Waals surface area contributed by atoms with Crippen molar-refractivity contribution in [2.75, 3.05) is 19.8 Å². The van der Waals surface area contributed by atoms with E-state index >= 15 is 0 Å². The molecule has 1 amide bonds. The number of nitrogens with zero attached hydrogens (tertiary/aromatic N) is 1. The van der Waals surface area contributed by atoms with Gasteiger partial charge in [-0.05, 0) is 50.0 Å². The Balaban J connectivity index is 2.19. The Bertz CT molecular complexity index is 638. The SMILES string of the molecule is C=C/C=C(\C(=C)C)C(=O)NCC1(c2ccc(C)nc2)CCOCC1. The lowest BCUT2D eigenvalue weighted by Gasteiger charge is -2.37. The smallest absolute Gasteiger partial charge is 0.251 e. The number of ether oxygens (including phenoxy) is 1. The van der Waals surface area contributed by atoms with E-state index in [1.807, 2.05) is 26.1 Å². The number of nitrogens with one attached hydrogen (secondary N) is 1. The quantitative estimate of drug-likeness (QED) is 0.645. The van der Waals surface area contributed by atoms with Crippen LogP contribution in [0.15, 0.2) is 54.8 Å². The summed E-state index contributed by atoms with van der Waals surface area (Å²) in [6.07, 6.45) is 6.96. The molecule has 0 unspecified atom stereocenters. The van der Waals surface area contributed by atoms with Crippen molar-refractivity contribution in [2.45, 2.75) is 32.1 Å². The summed E-state index contributed by atoms with van der Waals surface area (Å²) in [7, 11) is 0. The monoisotopic (exact) mass is 326 g/mol. The summed E-state index contributed by atoms with van der Waals surface area (Å²) in [5.41, 5.74) is 3.30. The van der Waals surface area contributed by atoms with Crippen molar-refractivity contribution in [3.8, 4) is 0 Å². The minimum absolute atomic E-state index is 0.117. The third kappa shape index (κ3) is 4.20. The van der Waals surface area contributed by atoms with Crippen molar-refractivity contribution in [2.24, 2.45) is 0 Å². The van der Waals surface area contributed by atoms with Crippen LogP contribution in [0, 0.1) is 6.92 Å². The average Bonchev–Trinajstić information content (AvgIpc) is 2.58. The molecule has 0 spiro atoms. The minimum atomic E-state index is -0.136. The van der Waals surface area contributed by atoms with Gasteiger partial charge in [-0.3, -0.25) is 9.78 Å². The predicted molar refractivity (Wildman–Crippen MR) is 96.8 cm³/mol. The zero-order valence-electron chi connectivity index (χ0n) is 14.6. The molecule has 128 valence electrons. The second kappa shape index (κ2) is 8.06. The molecule has 4 nitrogen and oxygen atoms in total. The summed E-state index contributed by atoms with van der Waals surface area (Å²) in [5.74, 6) is -0.117. The number of carbonyl (C=O) groups excluding carboxylic acids is 1. The molecule has 2 rings (SSSR count). The summed E-state index contributed by atoms with van der Waals surface area (Å²) in [6.45, 7) is 13.3. The fourth-order valence-corrected chi connectivity index (χ4v) is 2.99. The first-order valence-electron chi connectivity index (χ1n) is 8.26. The molecule has 4 heteroatoms. The van der Waals surface area contributed by atoms with E-state index in [9.17, 15) is 4.79 Å². The van der Waals surface area contributed by atoms with E-state index in [4.69, 9.17) is 4.74 Å². The van der Waals surface area contributed by atoms with Gasteiger partial charge in [0.2, 0.25) is 0 Å². The first-order chi connectivity index (χ1) is 11.5. The molecular formula is C20H26N2O2. The van der Waals surface area contributed by atoms with Gasteiger partial charge in [0.05, 0.1) is 0 Å². The normalized spacial score (nSPS) is 17.2. The van der Waals surface area contributed by atoms with Crippen molar-refractivity contribution >= 4 is 5.91 Å². The molecule has 0 radical (unpaired) electrons. The first kappa shape index (κ1) is 18.1. The van der Waals surface area contributed by atoms with Crippen LogP contribution in [0.5, 0.6) is 0 Å². The lowest BCUT2D eigenvalue weighted by atomic mass is 9.74. The summed E-state index contributed by atoms with van der Waals surface area (Å²) >= 11 is 0. The maximum absolute atomic E-state index is 12.5. The van der Waals surface area contributed by atoms with Crippen molar-refractivity contribution < 1.29 is 9.53 Å². The van der Waals surface area contributed by atoms with Gasteiger partial charge >= 0.3 is 0 Å². The van der Waals surface area contributed by atoms with Crippen LogP contribution in [-0.2, 0) is 14.9 Å². The Morgan fingerprint density at radius 3 is 2.67 bits per heavy atom. The Hall–Kier alpha value is -2.20. The van der Waals surface area contributed by atoms with Crippen LogP contribution >= 0.6 is 0 Å². The topological polar surface area (TPSA) is 51.2 Å². The largest absolute Gasteiger partial charge is 0.381 e. The molecule has 0 bridgehead atoms. The third-order valence-electron chi connectivity index (χ3n) is 4.55. The maximum atomic E-state index is 12.5. The van der Waals surface area contributed by atoms with Crippen molar-refractivity contribution in [3.63, 3.8) is 0 Å². The summed E-state index contributed by atoms with van der Waals surface area (Å²) in [6, 6.07) is 4.13. The lowest BCUT2D eigenvalue weighted by molar-refractivity contribution is -0.117. The van der Waals surface area contributed by atoms with Gasteiger partial charge in [0.25, 0.3) is 5.91 Å². The zero-order chi connectivity index (χ0) is 17.6. The molecule has 1 aromatic rings. The molecule has 1 N–H and O–H groups in total. The molecule has 1 fully saturated rings. The highest BCUT2D eigenvalue weighted by atomic mass is 16.5. The number of pyridine rings is 1. The standard InChI is InChI=1S/C20H26N2O2/c1-5-6-18(15(2)3)19(23)22-14-20(9-11-24-12-10-20)17-8-7-16(4)21-13-17/h5-8,13H,1-2,9-12,14H2,3-4H3,(H,22,23)/b18-6+. The molecule has 1 saturated heterocycles. The highest BCUT2D eigenvalue weighted by Gasteiger charge is 2.35. The molecule has 0 aromatic carbocycles. The molecule has 2 heterocycles. The highest BCUT2D eigenvalue weighted by Crippen LogP contribution is 2.34. The van der Waals surface area contributed by atoms with Crippen LogP contribution < -0.4 is 5.32 Å². The average molecular weight is 326 g/mol. The van der Waals surface area contributed by atoms with Gasteiger partial charge in [-0.15, -0.1) is 0 Å². The van der Waals surface area contributed by atoms with Gasteiger partial charge in [-0.25, -0.2) is 0 Å². The second-order valence-corrected chi connectivity index (χ2v) is 6.36. The van der Waals surface area contributed by atoms with E-state index in [0.29, 0.717) is 25.3 Å². The van der Waals surface area contributed by atoms with Crippen LogP contribution in [0.1, 0.15) is 31.0 Å². The molecule has 0 aliphatic carbocycles. The number of carbonyl (C=O) groups is 1. The number of aromatic nitrogens is 1. The van der Waals surface area contributed by atoms with Crippen LogP contribution in [0.25, 0.3) is 0 Å². The fourth-order valence-electron chi connectivity index (χ4n) is 2.99. The minimum Gasteiger partial charge on any atom is -0.381 e. The molecule has 0 atom stereocenters. The van der Waals surface area contributed by atoms with Gasteiger partial charge < -0.3 is 10.1 Å². The number of allylic oxidation sites excluding steroid dienone is 2. The second-order valence-electron chi connectivity index (χ2n) is 6.36. The maximum Gasteiger partial charge on any atom is 0.251 e. The van der Waals surface area contributed by atoms with E-state index in [2.05, 4.69) is 29.5 Å². The van der Waals surface area contributed by atoms with E-state index in [0.717, 1.165) is 29.7 Å². The fraction of sp³-hybridized carbons (Fsp3) is 0.400. The lowest BCUT2D eigenvalue weighted by Crippen LogP contribution is -2.45. The van der Waals surface area contributed by atoms with E-state index in [1.165, 1.54) is 0 Å². The van der Waals surface area contributed by atoms with Gasteiger partial charge in [0, 0.05) is 42.6 Å². The summed E-state index contributed by atoms with van der Waals surface area (Å²) < 4.78 is 5.53. The Kier molecular flexibility index (Phi) is 6.10. The number of hydrogen-bond acceptors (Lipinski definition) is 3. The van der Waals surface area contributed by atoms with E-state index in [1.54, 1.807) is 12.2 Å². The first-order valence-corrected chi connectivity index (χ1v) is 8.26. The Labute approximate surface area is 144 Å². The Morgan fingerprint density at radius 2 is 2.12 bits per heavy atom. The van der Waals surface area contributed by atoms with Crippen molar-refractivity contribution in [1.29, 1.82) is 0 Å². The van der Waals surface area contributed by atoms with Crippen molar-refractivity contribution in [3.05, 3.63) is 66.0 Å². The molecule has 1 aromatic heterocycles. The number of rotatable bonds is 6. The number of aryl methyl sites for hydroxylation is 1. The van der Waals surface area contributed by atoms with E-state index in [-0.39, 0.29) is 11.3 Å². The van der Waals surface area contributed by atoms with Crippen LogP contribution in [-0.4, -0.2) is 30.6 Å². The molecule has 1 aliphatic rings. The highest BCUT2D eigenvalue weighted by molar-refractivity contribution is 5.97. The van der Waals surface area contributed by atoms with Crippen molar-refractivity contribution in [1.82, 2.24) is 10.3 Å². The van der Waals surface area contributed by atoms with Gasteiger partial charge in [0.1, 0.15) is 0 Å². The van der Waals surface area contributed by atoms with E-state index < -0.39 is 0 Å². The third-order valence-corrected chi connectivity index (χ3v) is 4.55. The molecule has 1 aliphatic heterocycles. The zero-order valence-corrected chi connectivity index (χ0v) is 14.6. The van der Waals surface area contributed by atoms with Crippen LogP contribution in [0.4, 0.5) is 0 Å². The number of hydrogen-bond donors (Lipinski definition) is 1. The summed E-state index contributed by atoms with van der Waals surface area (Å²) in [5, 5.41) is 3.07.